The summed E-state index contributed by atoms with van der Waals surface area (Å²) in [6.45, 7) is 1.78. The molecule has 3 aliphatic heterocycles. The number of hydrogen-bond acceptors (Lipinski definition) is 9. The maximum absolute atomic E-state index is 13.6. The monoisotopic (exact) mass is 822 g/mol. The summed E-state index contributed by atoms with van der Waals surface area (Å²) in [5.74, 6) is -3.11. The Labute approximate surface area is 337 Å². The van der Waals surface area contributed by atoms with Crippen LogP contribution in [0.1, 0.15) is 56.8 Å². The fraction of sp³-hybridized carbons (Fsp3) is 0.308. The van der Waals surface area contributed by atoms with Crippen LogP contribution in [0.2, 0.25) is 15.1 Å². The molecule has 292 valence electrons. The number of hydrogen-bond donors (Lipinski definition) is 3. The van der Waals surface area contributed by atoms with E-state index in [0.717, 1.165) is 4.90 Å². The first-order chi connectivity index (χ1) is 26.9. The molecule has 3 aromatic rings. The van der Waals surface area contributed by atoms with E-state index >= 15 is 0 Å². The Morgan fingerprint density at radius 3 is 2.29 bits per heavy atom. The topological polar surface area (TPSA) is 175 Å². The number of methoxy groups -OCH3 is 1. The summed E-state index contributed by atoms with van der Waals surface area (Å²) in [5.41, 5.74) is 2.17. The van der Waals surface area contributed by atoms with E-state index in [0.29, 0.717) is 63.6 Å². The van der Waals surface area contributed by atoms with Gasteiger partial charge in [0.2, 0.25) is 23.6 Å². The van der Waals surface area contributed by atoms with Crippen molar-refractivity contribution in [1.29, 1.82) is 0 Å². The standard InChI is InChI=1S/C39H37Cl3N6O8/c1-56-31-21-28(42)25(24-19-22(40)7-8-27(24)41)20-26(31)37(53)47-17-15-46(16-18-47)34(51)12-11-32(49)44-14-3-2-13-43-29-6-4-5-23-35(29)39(55)48(38(23)54)30-9-10-33(50)45-36(30)52/h4-8,11-12,19-21,30,43H,2-3,9-10,13-18H2,1H3,(H,44,49)(H,45,50,52)/b12-11+. The van der Waals surface area contributed by atoms with E-state index in [2.05, 4.69) is 16.0 Å². The number of piperidine rings is 1. The molecule has 0 aromatic heterocycles. The van der Waals surface area contributed by atoms with Gasteiger partial charge in [-0.2, -0.15) is 0 Å². The van der Waals surface area contributed by atoms with Crippen molar-refractivity contribution in [2.75, 3.05) is 51.7 Å². The maximum atomic E-state index is 13.6. The van der Waals surface area contributed by atoms with Crippen LogP contribution in [0.3, 0.4) is 0 Å². The van der Waals surface area contributed by atoms with Crippen molar-refractivity contribution in [1.82, 2.24) is 25.3 Å². The second kappa shape index (κ2) is 17.6. The SMILES string of the molecule is COc1cc(Cl)c(-c2cc(Cl)ccc2Cl)cc1C(=O)N1CCN(C(=O)/C=C/C(=O)NCCCCNc2cccc3c2C(=O)N(C2CCC(=O)NC2=O)C3=O)CC1. The third-order valence-corrected chi connectivity index (χ3v) is 10.6. The first-order valence-electron chi connectivity index (χ1n) is 17.8. The van der Waals surface area contributed by atoms with Crippen LogP contribution in [-0.4, -0.2) is 108 Å². The predicted octanol–water partition coefficient (Wildman–Crippen LogP) is 4.57. The lowest BCUT2D eigenvalue weighted by Crippen LogP contribution is -2.54. The molecule has 14 nitrogen and oxygen atoms in total. The smallest absolute Gasteiger partial charge is 0.264 e. The molecule has 2 fully saturated rings. The normalized spacial score (nSPS) is 16.9. The Kier molecular flexibility index (Phi) is 12.6. The van der Waals surface area contributed by atoms with Gasteiger partial charge in [0, 0.05) is 90.8 Å². The predicted molar refractivity (Wildman–Crippen MR) is 209 cm³/mol. The van der Waals surface area contributed by atoms with Gasteiger partial charge < -0.3 is 25.2 Å². The minimum Gasteiger partial charge on any atom is -0.496 e. The molecule has 3 heterocycles. The Morgan fingerprint density at radius 1 is 0.839 bits per heavy atom. The highest BCUT2D eigenvalue weighted by atomic mass is 35.5. The van der Waals surface area contributed by atoms with Crippen molar-refractivity contribution < 1.29 is 38.3 Å². The van der Waals surface area contributed by atoms with Crippen molar-refractivity contribution in [3.8, 4) is 16.9 Å². The third kappa shape index (κ3) is 8.67. The number of halogens is 3. The highest BCUT2D eigenvalue weighted by Crippen LogP contribution is 2.39. The van der Waals surface area contributed by atoms with Crippen molar-refractivity contribution >= 4 is 81.8 Å². The van der Waals surface area contributed by atoms with Gasteiger partial charge in [0.15, 0.2) is 0 Å². The Morgan fingerprint density at radius 2 is 1.55 bits per heavy atom. The molecule has 2 saturated heterocycles. The molecule has 1 unspecified atom stereocenters. The maximum Gasteiger partial charge on any atom is 0.264 e. The average molecular weight is 824 g/mol. The Hall–Kier alpha value is -5.44. The van der Waals surface area contributed by atoms with E-state index in [1.54, 1.807) is 52.3 Å². The second-order valence-corrected chi connectivity index (χ2v) is 14.5. The molecular weight excluding hydrogens is 787 g/mol. The zero-order chi connectivity index (χ0) is 40.1. The molecule has 0 saturated carbocycles. The summed E-state index contributed by atoms with van der Waals surface area (Å²) in [6.07, 6.45) is 3.65. The number of benzene rings is 3. The van der Waals surface area contributed by atoms with E-state index in [-0.39, 0.29) is 67.5 Å². The van der Waals surface area contributed by atoms with Crippen molar-refractivity contribution in [3.05, 3.63) is 92.4 Å². The molecule has 56 heavy (non-hydrogen) atoms. The second-order valence-electron chi connectivity index (χ2n) is 13.2. The molecule has 0 aliphatic carbocycles. The van der Waals surface area contributed by atoms with Gasteiger partial charge in [-0.1, -0.05) is 40.9 Å². The number of unbranched alkanes of at least 4 members (excludes halogenated alkanes) is 1. The van der Waals surface area contributed by atoms with Crippen LogP contribution in [0.5, 0.6) is 5.75 Å². The summed E-state index contributed by atoms with van der Waals surface area (Å²) in [7, 11) is 1.44. The Bertz CT molecular complexity index is 2150. The van der Waals surface area contributed by atoms with Gasteiger partial charge in [-0.05, 0) is 55.7 Å². The highest BCUT2D eigenvalue weighted by Gasteiger charge is 2.45. The number of nitrogens with zero attached hydrogens (tertiary/aromatic N) is 3. The quantitative estimate of drug-likeness (QED) is 0.134. The number of rotatable bonds is 12. The van der Waals surface area contributed by atoms with Crippen LogP contribution < -0.4 is 20.7 Å². The van der Waals surface area contributed by atoms with Crippen molar-refractivity contribution in [3.63, 3.8) is 0 Å². The third-order valence-electron chi connectivity index (χ3n) is 9.68. The fourth-order valence-electron chi connectivity index (χ4n) is 6.76. The number of fused-ring (bicyclic) bond motifs is 1. The number of ether oxygens (including phenoxy) is 1. The van der Waals surface area contributed by atoms with Crippen LogP contribution in [0.4, 0.5) is 5.69 Å². The van der Waals surface area contributed by atoms with Gasteiger partial charge in [0.05, 0.1) is 28.8 Å². The van der Waals surface area contributed by atoms with Gasteiger partial charge in [0.25, 0.3) is 17.7 Å². The number of piperazine rings is 1. The number of amides is 7. The molecule has 0 radical (unpaired) electrons. The van der Waals surface area contributed by atoms with Gasteiger partial charge >= 0.3 is 0 Å². The van der Waals surface area contributed by atoms with Crippen molar-refractivity contribution in [2.45, 2.75) is 31.7 Å². The lowest BCUT2D eigenvalue weighted by Gasteiger charge is -2.34. The largest absolute Gasteiger partial charge is 0.496 e. The van der Waals surface area contributed by atoms with E-state index < -0.39 is 35.6 Å². The first kappa shape index (κ1) is 40.2. The fourth-order valence-corrected chi connectivity index (χ4v) is 7.41. The van der Waals surface area contributed by atoms with Gasteiger partial charge in [-0.15, -0.1) is 0 Å². The summed E-state index contributed by atoms with van der Waals surface area (Å²) in [5, 5.41) is 9.29. The molecule has 3 N–H and O–H groups in total. The van der Waals surface area contributed by atoms with E-state index in [9.17, 15) is 33.6 Å². The molecule has 3 aromatic carbocycles. The lowest BCUT2D eigenvalue weighted by atomic mass is 10.0. The Balaban J connectivity index is 0.935. The van der Waals surface area contributed by atoms with Crippen LogP contribution >= 0.6 is 34.8 Å². The van der Waals surface area contributed by atoms with Crippen LogP contribution in [-0.2, 0) is 19.2 Å². The zero-order valence-electron chi connectivity index (χ0n) is 30.2. The number of carbonyl (C=O) groups is 7. The summed E-state index contributed by atoms with van der Waals surface area (Å²) in [4.78, 5) is 93.3. The van der Waals surface area contributed by atoms with E-state index in [1.807, 2.05) is 0 Å². The molecule has 7 amide bonds. The molecule has 17 heteroatoms. The molecular formula is C39H37Cl3N6O8. The first-order valence-corrected chi connectivity index (χ1v) is 19.0. The summed E-state index contributed by atoms with van der Waals surface area (Å²) in [6, 6.07) is 11.9. The number of anilines is 1. The van der Waals surface area contributed by atoms with Gasteiger partial charge in [0.1, 0.15) is 11.8 Å². The molecule has 0 bridgehead atoms. The highest BCUT2D eigenvalue weighted by molar-refractivity contribution is 6.38. The molecule has 6 rings (SSSR count). The number of carbonyl (C=O) groups excluding carboxylic acids is 7. The summed E-state index contributed by atoms with van der Waals surface area (Å²) < 4.78 is 5.46. The molecule has 1 atom stereocenters. The molecule has 0 spiro atoms. The number of imide groups is 2. The summed E-state index contributed by atoms with van der Waals surface area (Å²) >= 11 is 19.1. The lowest BCUT2D eigenvalue weighted by molar-refractivity contribution is -0.136. The van der Waals surface area contributed by atoms with E-state index in [4.69, 9.17) is 39.5 Å². The van der Waals surface area contributed by atoms with Gasteiger partial charge in [-0.25, -0.2) is 0 Å². The zero-order valence-corrected chi connectivity index (χ0v) is 32.4. The molecule has 3 aliphatic rings. The van der Waals surface area contributed by atoms with Crippen molar-refractivity contribution in [2.24, 2.45) is 0 Å². The van der Waals surface area contributed by atoms with Gasteiger partial charge in [-0.3, -0.25) is 43.8 Å². The van der Waals surface area contributed by atoms with Crippen LogP contribution in [0.25, 0.3) is 11.1 Å². The average Bonchev–Trinajstić information content (AvgIpc) is 3.44. The number of nitrogens with one attached hydrogen (secondary N) is 3. The van der Waals surface area contributed by atoms with Crippen LogP contribution in [0, 0.1) is 0 Å². The van der Waals surface area contributed by atoms with Crippen LogP contribution in [0.15, 0.2) is 60.7 Å². The minimum absolute atomic E-state index is 0.0343. The minimum atomic E-state index is -1.05. The van der Waals surface area contributed by atoms with E-state index in [1.165, 1.54) is 25.3 Å².